The SMILES string of the molecule is C[C@H](NCCCCNCCC(=O)NCCCCCNC(=O)[C@H](CC(N)=O)NC(=O)Cc1ccc(O)cc1O)C(=O)NC(=O)CNC(=O)[C@@H](N)CCCN=C(N)N. The Hall–Kier alpha value is -5.54. The van der Waals surface area contributed by atoms with Gasteiger partial charge in [0.25, 0.3) is 0 Å². The molecule has 0 aromatic heterocycles. The van der Waals surface area contributed by atoms with E-state index in [0.717, 1.165) is 18.9 Å². The van der Waals surface area contributed by atoms with Crippen molar-refractivity contribution in [3.05, 3.63) is 23.8 Å². The van der Waals surface area contributed by atoms with E-state index >= 15 is 0 Å². The number of rotatable bonds is 29. The summed E-state index contributed by atoms with van der Waals surface area (Å²) in [6.07, 6.45) is 3.93. The predicted molar refractivity (Wildman–Crippen MR) is 207 cm³/mol. The van der Waals surface area contributed by atoms with Crippen LogP contribution in [0.4, 0.5) is 0 Å². The molecular weight excluding hydrogens is 732 g/mol. The zero-order valence-electron chi connectivity index (χ0n) is 32.0. The molecule has 0 fully saturated rings. The van der Waals surface area contributed by atoms with Crippen LogP contribution >= 0.6 is 0 Å². The lowest BCUT2D eigenvalue weighted by Crippen LogP contribution is -2.49. The van der Waals surface area contributed by atoms with Crippen molar-refractivity contribution >= 4 is 47.3 Å². The van der Waals surface area contributed by atoms with E-state index in [2.05, 4.69) is 42.2 Å². The van der Waals surface area contributed by atoms with Crippen LogP contribution in [0, 0.1) is 0 Å². The van der Waals surface area contributed by atoms with Crippen LogP contribution in [-0.4, -0.2) is 121 Å². The summed E-state index contributed by atoms with van der Waals surface area (Å²) >= 11 is 0. The van der Waals surface area contributed by atoms with Gasteiger partial charge >= 0.3 is 0 Å². The zero-order chi connectivity index (χ0) is 41.9. The van der Waals surface area contributed by atoms with E-state index in [0.29, 0.717) is 71.2 Å². The smallest absolute Gasteiger partial charge is 0.245 e. The van der Waals surface area contributed by atoms with Gasteiger partial charge in [-0.15, -0.1) is 0 Å². The van der Waals surface area contributed by atoms with Gasteiger partial charge in [-0.3, -0.25) is 43.9 Å². The highest BCUT2D eigenvalue weighted by molar-refractivity contribution is 5.99. The average Bonchev–Trinajstić information content (AvgIpc) is 3.13. The van der Waals surface area contributed by atoms with Crippen molar-refractivity contribution < 1.29 is 43.8 Å². The van der Waals surface area contributed by atoms with Crippen molar-refractivity contribution in [3.8, 4) is 11.5 Å². The fourth-order valence-corrected chi connectivity index (χ4v) is 4.96. The summed E-state index contributed by atoms with van der Waals surface area (Å²) in [5, 5.41) is 38.1. The molecule has 56 heavy (non-hydrogen) atoms. The molecule has 314 valence electrons. The van der Waals surface area contributed by atoms with Gasteiger partial charge in [0.2, 0.25) is 41.4 Å². The quantitative estimate of drug-likeness (QED) is 0.0211. The van der Waals surface area contributed by atoms with Crippen LogP contribution in [0.25, 0.3) is 0 Å². The normalized spacial score (nSPS) is 12.3. The second kappa shape index (κ2) is 28.0. The maximum Gasteiger partial charge on any atom is 0.245 e. The Morgan fingerprint density at radius 3 is 2.11 bits per heavy atom. The number of guanidine groups is 1. The van der Waals surface area contributed by atoms with Crippen LogP contribution in [0.15, 0.2) is 23.2 Å². The number of aliphatic imine (C=N–C) groups is 1. The highest BCUT2D eigenvalue weighted by Gasteiger charge is 2.23. The number of nitrogens with zero attached hydrogens (tertiary/aromatic N) is 1. The third kappa shape index (κ3) is 23.3. The molecule has 0 radical (unpaired) electrons. The number of benzene rings is 1. The number of hydrogen-bond donors (Lipinski definition) is 13. The molecular formula is C35H60N12O9. The number of nitrogens with one attached hydrogen (secondary N) is 7. The Morgan fingerprint density at radius 2 is 1.43 bits per heavy atom. The number of aromatic hydroxyl groups is 2. The van der Waals surface area contributed by atoms with Crippen molar-refractivity contribution in [2.45, 2.75) is 89.3 Å². The molecule has 3 atom stereocenters. The first-order valence-electron chi connectivity index (χ1n) is 18.6. The molecule has 0 saturated carbocycles. The number of unbranched alkanes of at least 4 members (excludes halogenated alkanes) is 3. The molecule has 1 rings (SSSR count). The topological polar surface area (TPSA) is 361 Å². The van der Waals surface area contributed by atoms with Gasteiger partial charge in [0.1, 0.15) is 17.5 Å². The van der Waals surface area contributed by atoms with Crippen LogP contribution < -0.4 is 60.2 Å². The minimum atomic E-state index is -1.19. The molecule has 21 nitrogen and oxygen atoms in total. The summed E-state index contributed by atoms with van der Waals surface area (Å²) < 4.78 is 0. The van der Waals surface area contributed by atoms with Crippen LogP contribution in [0.3, 0.4) is 0 Å². The summed E-state index contributed by atoms with van der Waals surface area (Å²) in [5.41, 5.74) is 21.7. The zero-order valence-corrected chi connectivity index (χ0v) is 32.0. The molecule has 0 unspecified atom stereocenters. The predicted octanol–water partition coefficient (Wildman–Crippen LogP) is -3.72. The number of phenols is 2. The Kier molecular flexibility index (Phi) is 24.2. The molecule has 1 aromatic rings. The van der Waals surface area contributed by atoms with Crippen LogP contribution in [0.2, 0.25) is 0 Å². The van der Waals surface area contributed by atoms with Crippen LogP contribution in [0.1, 0.15) is 70.3 Å². The van der Waals surface area contributed by atoms with Gasteiger partial charge in [0, 0.05) is 44.2 Å². The molecule has 0 saturated heterocycles. The monoisotopic (exact) mass is 792 g/mol. The van der Waals surface area contributed by atoms with E-state index in [-0.39, 0.29) is 41.9 Å². The summed E-state index contributed by atoms with van der Waals surface area (Å²) in [6.45, 7) is 3.99. The van der Waals surface area contributed by atoms with Crippen molar-refractivity contribution in [2.24, 2.45) is 27.9 Å². The lowest BCUT2D eigenvalue weighted by atomic mass is 10.1. The summed E-state index contributed by atoms with van der Waals surface area (Å²) in [7, 11) is 0. The third-order valence-corrected chi connectivity index (χ3v) is 8.10. The number of imide groups is 1. The molecule has 0 aliphatic carbocycles. The fourth-order valence-electron chi connectivity index (χ4n) is 4.96. The van der Waals surface area contributed by atoms with Gasteiger partial charge in [-0.2, -0.15) is 0 Å². The molecule has 1 aromatic carbocycles. The Morgan fingerprint density at radius 1 is 0.750 bits per heavy atom. The number of carbonyl (C=O) groups is 7. The highest BCUT2D eigenvalue weighted by atomic mass is 16.3. The second-order valence-electron chi connectivity index (χ2n) is 13.1. The van der Waals surface area contributed by atoms with Gasteiger partial charge in [0.05, 0.1) is 31.5 Å². The van der Waals surface area contributed by atoms with E-state index in [1.165, 1.54) is 12.1 Å². The first-order valence-corrected chi connectivity index (χ1v) is 18.6. The van der Waals surface area contributed by atoms with Gasteiger partial charge in [-0.1, -0.05) is 6.07 Å². The summed E-state index contributed by atoms with van der Waals surface area (Å²) in [4.78, 5) is 88.8. The Balaban J connectivity index is 2.09. The standard InChI is InChI=1S/C35H60N12O9/c1-22(32(54)47-31(53)21-45-33(55)25(36)8-7-16-44-35(38)39)41-13-6-5-12-40-17-11-29(51)42-14-3-2-4-15-43-34(56)26(20-28(37)50)46-30(52)18-23-9-10-24(48)19-27(23)49/h9-10,19,22,25-26,40-41,48-49H,2-8,11-18,20-21,36H2,1H3,(H2,37,50)(H,42,51)(H,43,56)(H,45,55)(H,46,52)(H4,38,39,44)(H,47,53,54)/t22-,25-,26-/m0/s1. The first kappa shape index (κ1) is 48.5. The molecule has 17 N–H and O–H groups in total. The number of hydrogen-bond acceptors (Lipinski definition) is 13. The maximum atomic E-state index is 12.6. The molecule has 0 aliphatic heterocycles. The number of primary amides is 1. The number of phenolic OH excluding ortho intramolecular Hbond substituents is 2. The number of nitrogens with two attached hydrogens (primary N) is 4. The fraction of sp³-hybridized carbons (Fsp3) is 0.600. The minimum absolute atomic E-state index is 0.0510. The molecule has 0 spiro atoms. The molecule has 0 aliphatic rings. The molecule has 21 heteroatoms. The summed E-state index contributed by atoms with van der Waals surface area (Å²) in [5.74, 6) is -4.29. The first-order chi connectivity index (χ1) is 26.6. The Bertz CT molecular complexity index is 1470. The average molecular weight is 793 g/mol. The summed E-state index contributed by atoms with van der Waals surface area (Å²) in [6, 6.07) is 1.10. The lowest BCUT2D eigenvalue weighted by molar-refractivity contribution is -0.133. The molecule has 0 bridgehead atoms. The van der Waals surface area contributed by atoms with Gasteiger partial charge in [0.15, 0.2) is 5.96 Å². The van der Waals surface area contributed by atoms with Crippen molar-refractivity contribution in [1.29, 1.82) is 0 Å². The van der Waals surface area contributed by atoms with E-state index < -0.39 is 66.5 Å². The third-order valence-electron chi connectivity index (χ3n) is 8.10. The second-order valence-corrected chi connectivity index (χ2v) is 13.1. The lowest BCUT2D eigenvalue weighted by Gasteiger charge is -2.17. The largest absolute Gasteiger partial charge is 0.508 e. The number of amides is 7. The van der Waals surface area contributed by atoms with Crippen molar-refractivity contribution in [1.82, 2.24) is 37.2 Å². The van der Waals surface area contributed by atoms with Crippen molar-refractivity contribution in [3.63, 3.8) is 0 Å². The van der Waals surface area contributed by atoms with Gasteiger partial charge < -0.3 is 65.0 Å². The minimum Gasteiger partial charge on any atom is -0.508 e. The van der Waals surface area contributed by atoms with E-state index in [1.54, 1.807) is 6.92 Å². The molecule has 7 amide bonds. The van der Waals surface area contributed by atoms with Gasteiger partial charge in [-0.05, 0) is 71.0 Å². The van der Waals surface area contributed by atoms with Gasteiger partial charge in [-0.25, -0.2) is 0 Å². The van der Waals surface area contributed by atoms with Crippen molar-refractivity contribution in [2.75, 3.05) is 45.8 Å². The van der Waals surface area contributed by atoms with E-state index in [9.17, 15) is 43.8 Å². The Labute approximate surface area is 326 Å². The van der Waals surface area contributed by atoms with Crippen LogP contribution in [-0.2, 0) is 40.0 Å². The number of carbonyl (C=O) groups excluding carboxylic acids is 7. The van der Waals surface area contributed by atoms with Crippen LogP contribution in [0.5, 0.6) is 11.5 Å². The van der Waals surface area contributed by atoms with E-state index in [4.69, 9.17) is 22.9 Å². The highest BCUT2D eigenvalue weighted by Crippen LogP contribution is 2.22. The van der Waals surface area contributed by atoms with E-state index in [1.807, 2.05) is 0 Å². The maximum absolute atomic E-state index is 12.6. The molecule has 0 heterocycles.